The lowest BCUT2D eigenvalue weighted by Gasteiger charge is -2.31. The number of benzene rings is 1. The summed E-state index contributed by atoms with van der Waals surface area (Å²) < 4.78 is 10.8. The highest BCUT2D eigenvalue weighted by atomic mass is 35.5. The minimum Gasteiger partial charge on any atom is -0.490 e. The summed E-state index contributed by atoms with van der Waals surface area (Å²) in [7, 11) is 1.71. The van der Waals surface area contributed by atoms with Crippen LogP contribution < -0.4 is 4.74 Å². The SMILES string of the molecule is CC(C)Oc1ccc(Cl)cc1C1=NN=C(CC2CC(C=O)C2)C1.COC(C)(C)C. The van der Waals surface area contributed by atoms with Gasteiger partial charge in [0.05, 0.1) is 17.4 Å². The molecule has 0 radical (unpaired) electrons. The highest BCUT2D eigenvalue weighted by Crippen LogP contribution is 2.36. The predicted molar refractivity (Wildman–Crippen MR) is 119 cm³/mol. The summed E-state index contributed by atoms with van der Waals surface area (Å²) in [6.07, 6.45) is 4.78. The highest BCUT2D eigenvalue weighted by Gasteiger charge is 2.31. The lowest BCUT2D eigenvalue weighted by Crippen LogP contribution is -2.26. The van der Waals surface area contributed by atoms with Crippen LogP contribution in [-0.4, -0.2) is 36.5 Å². The Hall–Kier alpha value is -1.72. The second-order valence-corrected chi connectivity index (χ2v) is 9.39. The Balaban J connectivity index is 0.000000438. The number of methoxy groups -OCH3 is 1. The van der Waals surface area contributed by atoms with Gasteiger partial charge in [-0.05, 0) is 78.0 Å². The van der Waals surface area contributed by atoms with E-state index in [2.05, 4.69) is 10.2 Å². The maximum atomic E-state index is 10.7. The van der Waals surface area contributed by atoms with Crippen molar-refractivity contribution in [1.29, 1.82) is 0 Å². The molecule has 0 bridgehead atoms. The molecule has 0 amide bonds. The minimum absolute atomic E-state index is 0.0417. The number of rotatable bonds is 6. The molecule has 1 aromatic carbocycles. The van der Waals surface area contributed by atoms with Gasteiger partial charge in [-0.1, -0.05) is 11.6 Å². The number of hydrogen-bond donors (Lipinski definition) is 0. The van der Waals surface area contributed by atoms with Crippen LogP contribution in [0.15, 0.2) is 28.4 Å². The summed E-state index contributed by atoms with van der Waals surface area (Å²) in [6, 6.07) is 5.61. The summed E-state index contributed by atoms with van der Waals surface area (Å²) in [5, 5.41) is 9.34. The van der Waals surface area contributed by atoms with Crippen LogP contribution in [0.25, 0.3) is 0 Å². The third-order valence-electron chi connectivity index (χ3n) is 4.90. The highest BCUT2D eigenvalue weighted by molar-refractivity contribution is 6.31. The molecule has 0 spiro atoms. The molecule has 1 fully saturated rings. The van der Waals surface area contributed by atoms with Crippen LogP contribution >= 0.6 is 11.6 Å². The maximum Gasteiger partial charge on any atom is 0.128 e. The smallest absolute Gasteiger partial charge is 0.128 e. The Morgan fingerprint density at radius 1 is 1.24 bits per heavy atom. The molecule has 1 saturated carbocycles. The lowest BCUT2D eigenvalue weighted by molar-refractivity contribution is -0.114. The van der Waals surface area contributed by atoms with E-state index in [1.54, 1.807) is 7.11 Å². The first kappa shape index (κ1) is 23.6. The fourth-order valence-electron chi connectivity index (χ4n) is 3.14. The van der Waals surface area contributed by atoms with Gasteiger partial charge in [-0.25, -0.2) is 0 Å². The number of nitrogens with zero attached hydrogens (tertiary/aromatic N) is 2. The largest absolute Gasteiger partial charge is 0.490 e. The van der Waals surface area contributed by atoms with Gasteiger partial charge in [0.1, 0.15) is 12.0 Å². The molecule has 160 valence electrons. The first-order chi connectivity index (χ1) is 13.6. The molecule has 1 heterocycles. The maximum absolute atomic E-state index is 10.7. The summed E-state index contributed by atoms with van der Waals surface area (Å²) in [5.74, 6) is 1.62. The van der Waals surface area contributed by atoms with Crippen molar-refractivity contribution >= 4 is 29.3 Å². The van der Waals surface area contributed by atoms with Crippen LogP contribution in [0.5, 0.6) is 5.75 Å². The lowest BCUT2D eigenvalue weighted by atomic mass is 9.73. The van der Waals surface area contributed by atoms with E-state index in [0.717, 1.165) is 54.7 Å². The van der Waals surface area contributed by atoms with Gasteiger partial charge in [0.2, 0.25) is 0 Å². The molecule has 5 nitrogen and oxygen atoms in total. The van der Waals surface area contributed by atoms with Crippen molar-refractivity contribution in [2.45, 2.75) is 72.0 Å². The van der Waals surface area contributed by atoms with Crippen molar-refractivity contribution in [2.75, 3.05) is 7.11 Å². The fourth-order valence-corrected chi connectivity index (χ4v) is 3.31. The average molecular weight is 421 g/mol. The standard InChI is InChI=1S/C18H21ClN2O2.C5H12O/c1-11(2)23-18-4-3-14(19)8-16(18)17-9-15(20-21-17)7-12-5-13(6-12)10-22;1-5(2,3)6-4/h3-4,8,10-13H,5-7,9H2,1-2H3;1-4H3. The topological polar surface area (TPSA) is 60.2 Å². The molecule has 3 rings (SSSR count). The Morgan fingerprint density at radius 3 is 2.45 bits per heavy atom. The zero-order valence-corrected chi connectivity index (χ0v) is 19.1. The van der Waals surface area contributed by atoms with E-state index in [1.165, 1.54) is 0 Å². The van der Waals surface area contributed by atoms with Crippen LogP contribution in [0.2, 0.25) is 5.02 Å². The second kappa shape index (κ2) is 10.4. The predicted octanol–water partition coefficient (Wildman–Crippen LogP) is 5.72. The number of carbonyl (C=O) groups is 1. The van der Waals surface area contributed by atoms with Crippen molar-refractivity contribution < 1.29 is 14.3 Å². The van der Waals surface area contributed by atoms with Crippen molar-refractivity contribution in [3.05, 3.63) is 28.8 Å². The van der Waals surface area contributed by atoms with Crippen molar-refractivity contribution in [3.8, 4) is 5.75 Å². The molecule has 1 aliphatic heterocycles. The molecule has 0 atom stereocenters. The fraction of sp³-hybridized carbons (Fsp3) is 0.609. The van der Waals surface area contributed by atoms with E-state index in [4.69, 9.17) is 21.1 Å². The number of halogens is 1. The molecular weight excluding hydrogens is 388 g/mol. The zero-order chi connectivity index (χ0) is 21.6. The van der Waals surface area contributed by atoms with Gasteiger partial charge in [0.25, 0.3) is 0 Å². The molecule has 1 aromatic rings. The Bertz CT molecular complexity index is 760. The third-order valence-corrected chi connectivity index (χ3v) is 5.14. The summed E-state index contributed by atoms with van der Waals surface area (Å²) in [4.78, 5) is 10.7. The van der Waals surface area contributed by atoms with E-state index < -0.39 is 0 Å². The summed E-state index contributed by atoms with van der Waals surface area (Å²) in [6.45, 7) is 10.1. The van der Waals surface area contributed by atoms with Gasteiger partial charge in [0, 0.05) is 35.7 Å². The van der Waals surface area contributed by atoms with E-state index in [9.17, 15) is 4.79 Å². The number of hydrogen-bond acceptors (Lipinski definition) is 5. The molecule has 0 N–H and O–H groups in total. The minimum atomic E-state index is 0.0417. The Labute approximate surface area is 179 Å². The number of ether oxygens (including phenoxy) is 2. The van der Waals surface area contributed by atoms with Gasteiger partial charge in [-0.15, -0.1) is 0 Å². The van der Waals surface area contributed by atoms with Gasteiger partial charge < -0.3 is 14.3 Å². The van der Waals surface area contributed by atoms with Crippen LogP contribution in [0.1, 0.15) is 65.9 Å². The third kappa shape index (κ3) is 7.56. The summed E-state index contributed by atoms with van der Waals surface area (Å²) in [5.41, 5.74) is 2.96. The molecule has 1 aliphatic carbocycles. The molecule has 0 saturated heterocycles. The van der Waals surface area contributed by atoms with Crippen molar-refractivity contribution in [3.63, 3.8) is 0 Å². The van der Waals surface area contributed by atoms with Crippen molar-refractivity contribution in [1.82, 2.24) is 0 Å². The van der Waals surface area contributed by atoms with Crippen LogP contribution in [0, 0.1) is 11.8 Å². The zero-order valence-electron chi connectivity index (χ0n) is 18.4. The number of carbonyl (C=O) groups excluding carboxylic acids is 1. The molecule has 0 unspecified atom stereocenters. The molecule has 2 aliphatic rings. The Morgan fingerprint density at radius 2 is 1.90 bits per heavy atom. The van der Waals surface area contributed by atoms with Gasteiger partial charge in [0.15, 0.2) is 0 Å². The molecule has 29 heavy (non-hydrogen) atoms. The molecular formula is C23H33ClN2O3. The quantitative estimate of drug-likeness (QED) is 0.552. The van der Waals surface area contributed by atoms with Gasteiger partial charge >= 0.3 is 0 Å². The average Bonchev–Trinajstić information content (AvgIpc) is 3.07. The van der Waals surface area contributed by atoms with Crippen LogP contribution in [0.4, 0.5) is 0 Å². The molecule has 0 aromatic heterocycles. The second-order valence-electron chi connectivity index (χ2n) is 8.95. The van der Waals surface area contributed by atoms with E-state index >= 15 is 0 Å². The molecule has 6 heteroatoms. The van der Waals surface area contributed by atoms with E-state index in [-0.39, 0.29) is 17.6 Å². The van der Waals surface area contributed by atoms with E-state index in [0.29, 0.717) is 10.9 Å². The first-order valence-corrected chi connectivity index (χ1v) is 10.6. The van der Waals surface area contributed by atoms with Crippen molar-refractivity contribution in [2.24, 2.45) is 22.0 Å². The summed E-state index contributed by atoms with van der Waals surface area (Å²) >= 11 is 6.14. The van der Waals surface area contributed by atoms with Gasteiger partial charge in [-0.2, -0.15) is 10.2 Å². The van der Waals surface area contributed by atoms with Crippen LogP contribution in [-0.2, 0) is 9.53 Å². The van der Waals surface area contributed by atoms with E-state index in [1.807, 2.05) is 52.8 Å². The van der Waals surface area contributed by atoms with Crippen LogP contribution in [0.3, 0.4) is 0 Å². The first-order valence-electron chi connectivity index (χ1n) is 10.2. The monoisotopic (exact) mass is 420 g/mol. The number of aldehydes is 1. The normalized spacial score (nSPS) is 21.0. The van der Waals surface area contributed by atoms with Gasteiger partial charge in [-0.3, -0.25) is 0 Å². The Kier molecular flexibility index (Phi) is 8.41.